The highest BCUT2D eigenvalue weighted by Gasteiger charge is 2.27. The molecule has 1 aromatic rings. The van der Waals surface area contributed by atoms with Gasteiger partial charge in [0, 0.05) is 6.54 Å². The summed E-state index contributed by atoms with van der Waals surface area (Å²) in [5.74, 6) is 0.588. The maximum atomic E-state index is 3.66. The van der Waals surface area contributed by atoms with Crippen LogP contribution in [-0.4, -0.2) is 14.4 Å². The van der Waals surface area contributed by atoms with E-state index in [-0.39, 0.29) is 0 Å². The van der Waals surface area contributed by atoms with Gasteiger partial charge in [-0.15, -0.1) is 0 Å². The fraction of sp³-hybridized carbons (Fsp3) is 0.727. The summed E-state index contributed by atoms with van der Waals surface area (Å²) >= 11 is 0. The van der Waals surface area contributed by atoms with Crippen LogP contribution in [0.2, 0.25) is 0 Å². The highest BCUT2D eigenvalue weighted by atomic mass is 14.8. The van der Waals surface area contributed by atoms with Gasteiger partial charge in [-0.3, -0.25) is 0 Å². The molecule has 0 saturated heterocycles. The van der Waals surface area contributed by atoms with Crippen LogP contribution in [0.4, 0.5) is 0 Å². The molecule has 0 heterocycles. The van der Waals surface area contributed by atoms with Crippen molar-refractivity contribution in [2.45, 2.75) is 97.3 Å². The summed E-state index contributed by atoms with van der Waals surface area (Å²) < 4.78 is 0. The Morgan fingerprint density at radius 2 is 1.83 bits per heavy atom. The highest BCUT2D eigenvalue weighted by Crippen LogP contribution is 2.37. The van der Waals surface area contributed by atoms with Gasteiger partial charge in [-0.1, -0.05) is 78.5 Å². The van der Waals surface area contributed by atoms with E-state index in [1.807, 2.05) is 0 Å². The number of nitrogens with one attached hydrogen (secondary N) is 1. The van der Waals surface area contributed by atoms with E-state index in [4.69, 9.17) is 0 Å². The van der Waals surface area contributed by atoms with Crippen LogP contribution >= 0.6 is 0 Å². The van der Waals surface area contributed by atoms with Gasteiger partial charge in [0.15, 0.2) is 0 Å². The summed E-state index contributed by atoms with van der Waals surface area (Å²) in [4.78, 5) is 0. The summed E-state index contributed by atoms with van der Waals surface area (Å²) in [6, 6.07) is 7.02. The summed E-state index contributed by atoms with van der Waals surface area (Å²) in [6.07, 6.45) is 9.15. The topological polar surface area (TPSA) is 12.0 Å². The van der Waals surface area contributed by atoms with Crippen molar-refractivity contribution in [3.05, 3.63) is 34.9 Å². The summed E-state index contributed by atoms with van der Waals surface area (Å²) in [7, 11) is 2.33. The highest BCUT2D eigenvalue weighted by molar-refractivity contribution is 6.12. The molecule has 0 amide bonds. The fourth-order valence-electron chi connectivity index (χ4n) is 3.74. The van der Waals surface area contributed by atoms with Crippen LogP contribution < -0.4 is 5.32 Å². The van der Waals surface area contributed by atoms with E-state index in [0.717, 1.165) is 13.1 Å². The molecule has 136 valence electrons. The summed E-state index contributed by atoms with van der Waals surface area (Å²) in [5, 5.41) is 3.66. The van der Waals surface area contributed by atoms with Crippen LogP contribution in [0.15, 0.2) is 18.2 Å². The predicted octanol–water partition coefficient (Wildman–Crippen LogP) is 5.52. The average molecular weight is 329 g/mol. The number of rotatable bonds is 12. The van der Waals surface area contributed by atoms with Crippen LogP contribution in [0.1, 0.15) is 102 Å². The quantitative estimate of drug-likeness (QED) is 0.393. The summed E-state index contributed by atoms with van der Waals surface area (Å²) in [5.41, 5.74) is 5.00. The van der Waals surface area contributed by atoms with Gasteiger partial charge < -0.3 is 5.32 Å². The first kappa shape index (κ1) is 21.3. The first-order chi connectivity index (χ1) is 11.5. The maximum absolute atomic E-state index is 3.66. The SMILES string of the molecule is BC(C)c1cccc(C(C)(CC)CCCCCC)c1CNCCC. The molecule has 0 radical (unpaired) electrons. The first-order valence-corrected chi connectivity index (χ1v) is 10.3. The van der Waals surface area contributed by atoms with Crippen LogP contribution in [0, 0.1) is 0 Å². The molecule has 0 spiro atoms. The summed E-state index contributed by atoms with van der Waals surface area (Å²) in [6.45, 7) is 13.8. The van der Waals surface area contributed by atoms with Crippen LogP contribution in [0.25, 0.3) is 0 Å². The van der Waals surface area contributed by atoms with Gasteiger partial charge in [0.1, 0.15) is 7.85 Å². The third-order valence-electron chi connectivity index (χ3n) is 5.58. The molecular weight excluding hydrogens is 289 g/mol. The van der Waals surface area contributed by atoms with Crippen molar-refractivity contribution in [2.75, 3.05) is 6.54 Å². The zero-order chi connectivity index (χ0) is 18.0. The standard InChI is InChI=1S/C22H40BN/c1-6-9-10-11-15-22(5,8-3)21-14-12-13-19(18(4)23)20(21)17-24-16-7-2/h12-14,18,24H,6-11,15-17,23H2,1-5H3. The minimum atomic E-state index is 0.307. The maximum Gasteiger partial charge on any atom is 0.110 e. The Kier molecular flexibility index (Phi) is 9.74. The smallest absolute Gasteiger partial charge is 0.110 e. The predicted molar refractivity (Wildman–Crippen MR) is 112 cm³/mol. The number of hydrogen-bond donors (Lipinski definition) is 1. The van der Waals surface area contributed by atoms with Gasteiger partial charge in [0.25, 0.3) is 0 Å². The Labute approximate surface area is 152 Å². The minimum Gasteiger partial charge on any atom is -0.313 e. The van der Waals surface area contributed by atoms with E-state index in [1.165, 1.54) is 50.5 Å². The normalized spacial score (nSPS) is 15.2. The molecule has 1 N–H and O–H groups in total. The molecule has 0 fully saturated rings. The van der Waals surface area contributed by atoms with Gasteiger partial charge >= 0.3 is 0 Å². The molecule has 0 aliphatic heterocycles. The molecule has 2 unspecified atom stereocenters. The fourth-order valence-corrected chi connectivity index (χ4v) is 3.74. The molecule has 0 saturated carbocycles. The van der Waals surface area contributed by atoms with Crippen LogP contribution in [-0.2, 0) is 12.0 Å². The van der Waals surface area contributed by atoms with E-state index >= 15 is 0 Å². The molecule has 2 atom stereocenters. The molecular formula is C22H40BN. The van der Waals surface area contributed by atoms with Gasteiger partial charge in [-0.05, 0) is 53.7 Å². The Hall–Kier alpha value is -0.755. The zero-order valence-electron chi connectivity index (χ0n) is 17.2. The van der Waals surface area contributed by atoms with Gasteiger partial charge in [0.2, 0.25) is 0 Å². The molecule has 0 aromatic heterocycles. The molecule has 2 heteroatoms. The second kappa shape index (κ2) is 11.0. The van der Waals surface area contributed by atoms with E-state index in [1.54, 1.807) is 11.1 Å². The van der Waals surface area contributed by atoms with Crippen molar-refractivity contribution in [3.63, 3.8) is 0 Å². The third kappa shape index (κ3) is 5.95. The molecule has 1 aromatic carbocycles. The van der Waals surface area contributed by atoms with Crippen molar-refractivity contribution in [1.29, 1.82) is 0 Å². The van der Waals surface area contributed by atoms with E-state index in [2.05, 4.69) is 66.0 Å². The molecule has 0 aliphatic rings. The van der Waals surface area contributed by atoms with Gasteiger partial charge in [0.05, 0.1) is 0 Å². The minimum absolute atomic E-state index is 0.307. The Balaban J connectivity index is 3.09. The number of benzene rings is 1. The lowest BCUT2D eigenvalue weighted by Crippen LogP contribution is -2.26. The largest absolute Gasteiger partial charge is 0.313 e. The zero-order valence-corrected chi connectivity index (χ0v) is 17.2. The molecule has 0 bridgehead atoms. The van der Waals surface area contributed by atoms with Crippen molar-refractivity contribution in [2.24, 2.45) is 0 Å². The van der Waals surface area contributed by atoms with E-state index < -0.39 is 0 Å². The molecule has 0 aliphatic carbocycles. The Morgan fingerprint density at radius 1 is 1.08 bits per heavy atom. The monoisotopic (exact) mass is 329 g/mol. The van der Waals surface area contributed by atoms with Crippen molar-refractivity contribution in [1.82, 2.24) is 5.32 Å². The van der Waals surface area contributed by atoms with Crippen LogP contribution in [0.5, 0.6) is 0 Å². The van der Waals surface area contributed by atoms with Crippen molar-refractivity contribution in [3.8, 4) is 0 Å². The molecule has 1 nitrogen and oxygen atoms in total. The van der Waals surface area contributed by atoms with E-state index in [9.17, 15) is 0 Å². The van der Waals surface area contributed by atoms with Crippen molar-refractivity contribution >= 4 is 7.85 Å². The Bertz CT molecular complexity index is 469. The lowest BCUT2D eigenvalue weighted by atomic mass is 9.70. The van der Waals surface area contributed by atoms with E-state index in [0.29, 0.717) is 11.2 Å². The second-order valence-corrected chi connectivity index (χ2v) is 7.93. The lowest BCUT2D eigenvalue weighted by molar-refractivity contribution is 0.391. The molecule has 24 heavy (non-hydrogen) atoms. The number of hydrogen-bond acceptors (Lipinski definition) is 1. The average Bonchev–Trinajstić information content (AvgIpc) is 2.58. The second-order valence-electron chi connectivity index (χ2n) is 7.93. The van der Waals surface area contributed by atoms with Gasteiger partial charge in [-0.25, -0.2) is 0 Å². The van der Waals surface area contributed by atoms with Gasteiger partial charge in [-0.2, -0.15) is 0 Å². The third-order valence-corrected chi connectivity index (χ3v) is 5.58. The van der Waals surface area contributed by atoms with Crippen LogP contribution in [0.3, 0.4) is 0 Å². The first-order valence-electron chi connectivity index (χ1n) is 10.3. The Morgan fingerprint density at radius 3 is 2.42 bits per heavy atom. The lowest BCUT2D eigenvalue weighted by Gasteiger charge is -2.33. The number of unbranched alkanes of at least 4 members (excludes halogenated alkanes) is 3. The van der Waals surface area contributed by atoms with Crippen molar-refractivity contribution < 1.29 is 0 Å². The molecule has 1 rings (SSSR count).